The Balaban J connectivity index is 0.00000289. The van der Waals surface area contributed by atoms with E-state index in [0.717, 1.165) is 10.7 Å². The Morgan fingerprint density at radius 2 is 1.67 bits per heavy atom. The molecule has 5 nitrogen and oxygen atoms in total. The molecular formula is C8H5I3NNaO4S. The minimum absolute atomic E-state index is 0. The topological polar surface area (TPSA) is 86.3 Å². The predicted molar refractivity (Wildman–Crippen MR) is 84.8 cm³/mol. The molecule has 1 N–H and O–H groups in total. The van der Waals surface area contributed by atoms with E-state index in [1.165, 1.54) is 12.1 Å². The molecule has 0 aliphatic carbocycles. The Labute approximate surface area is 168 Å². The first kappa shape index (κ1) is 19.8. The first-order chi connectivity index (χ1) is 7.74. The van der Waals surface area contributed by atoms with E-state index in [0.29, 0.717) is 0 Å². The van der Waals surface area contributed by atoms with Crippen molar-refractivity contribution >= 4 is 83.8 Å². The van der Waals surface area contributed by atoms with Crippen LogP contribution < -0.4 is 39.4 Å². The van der Waals surface area contributed by atoms with E-state index < -0.39 is 22.5 Å². The Morgan fingerprint density at radius 1 is 1.22 bits per heavy atom. The van der Waals surface area contributed by atoms with Crippen LogP contribution in [-0.2, 0) is 14.8 Å². The van der Waals surface area contributed by atoms with Crippen molar-refractivity contribution in [2.75, 3.05) is 6.54 Å². The molecule has 1 rings (SSSR count). The molecule has 0 aromatic heterocycles. The number of carboxylic acid groups (broad SMARTS) is 1. The Kier molecular flexibility index (Phi) is 9.11. The van der Waals surface area contributed by atoms with Crippen LogP contribution in [0, 0.1) is 10.7 Å². The fourth-order valence-electron chi connectivity index (χ4n) is 0.925. The summed E-state index contributed by atoms with van der Waals surface area (Å²) in [5.74, 6) is -1.47. The second kappa shape index (κ2) is 8.29. The Hall–Kier alpha value is 1.79. The molecule has 18 heavy (non-hydrogen) atoms. The summed E-state index contributed by atoms with van der Waals surface area (Å²) in [6, 6.07) is 2.98. The van der Waals surface area contributed by atoms with Crippen molar-refractivity contribution in [3.63, 3.8) is 0 Å². The van der Waals surface area contributed by atoms with Crippen molar-refractivity contribution in [3.8, 4) is 0 Å². The summed E-state index contributed by atoms with van der Waals surface area (Å²) in [5, 5.41) is 10.2. The zero-order chi connectivity index (χ0) is 13.2. The van der Waals surface area contributed by atoms with E-state index in [-0.39, 0.29) is 34.5 Å². The monoisotopic (exact) mass is 615 g/mol. The molecular weight excluding hydrogens is 610 g/mol. The SMILES string of the molecule is O=C([O-])CNS(=O)(=O)c1cc(I)c(I)c(I)c1.[Na+]. The van der Waals surface area contributed by atoms with E-state index in [1.54, 1.807) is 0 Å². The van der Waals surface area contributed by atoms with Gasteiger partial charge < -0.3 is 9.90 Å². The maximum absolute atomic E-state index is 11.7. The number of carboxylic acids is 1. The van der Waals surface area contributed by atoms with Crippen molar-refractivity contribution in [1.29, 1.82) is 0 Å². The van der Waals surface area contributed by atoms with Gasteiger partial charge >= 0.3 is 29.6 Å². The number of hydrogen-bond donors (Lipinski definition) is 1. The number of nitrogens with one attached hydrogen (secondary N) is 1. The van der Waals surface area contributed by atoms with Crippen molar-refractivity contribution in [2.45, 2.75) is 4.90 Å². The van der Waals surface area contributed by atoms with Gasteiger partial charge in [0.15, 0.2) is 0 Å². The van der Waals surface area contributed by atoms with Gasteiger partial charge in [-0.3, -0.25) is 0 Å². The minimum Gasteiger partial charge on any atom is -0.549 e. The average Bonchev–Trinajstić information content (AvgIpc) is 2.22. The van der Waals surface area contributed by atoms with Crippen molar-refractivity contribution in [3.05, 3.63) is 22.8 Å². The molecule has 0 saturated carbocycles. The van der Waals surface area contributed by atoms with Gasteiger partial charge in [0.05, 0.1) is 17.4 Å². The number of hydrogen-bond acceptors (Lipinski definition) is 4. The summed E-state index contributed by atoms with van der Waals surface area (Å²) in [5.41, 5.74) is 0. The van der Waals surface area contributed by atoms with Crippen LogP contribution in [0.5, 0.6) is 0 Å². The Bertz CT molecular complexity index is 540. The van der Waals surface area contributed by atoms with E-state index in [9.17, 15) is 18.3 Å². The molecule has 0 amide bonds. The first-order valence-corrected chi connectivity index (χ1v) is 8.80. The summed E-state index contributed by atoms with van der Waals surface area (Å²) < 4.78 is 28.0. The first-order valence-electron chi connectivity index (χ1n) is 4.08. The van der Waals surface area contributed by atoms with Crippen LogP contribution in [0.2, 0.25) is 0 Å². The van der Waals surface area contributed by atoms with Gasteiger partial charge in [-0.1, -0.05) is 0 Å². The van der Waals surface area contributed by atoms with Crippen LogP contribution in [0.1, 0.15) is 0 Å². The maximum atomic E-state index is 11.7. The molecule has 0 unspecified atom stereocenters. The second-order valence-electron chi connectivity index (χ2n) is 2.90. The van der Waals surface area contributed by atoms with E-state index in [2.05, 4.69) is 22.6 Å². The fourth-order valence-corrected chi connectivity index (χ4v) is 4.45. The molecule has 1 aromatic carbocycles. The van der Waals surface area contributed by atoms with Crippen LogP contribution in [-0.4, -0.2) is 20.9 Å². The summed E-state index contributed by atoms with van der Waals surface area (Å²) in [7, 11) is -3.80. The zero-order valence-electron chi connectivity index (χ0n) is 9.04. The molecule has 0 aliphatic rings. The summed E-state index contributed by atoms with van der Waals surface area (Å²) in [4.78, 5) is 10.3. The molecule has 0 aliphatic heterocycles. The number of carbonyl (C=O) groups is 1. The molecule has 10 heteroatoms. The zero-order valence-corrected chi connectivity index (χ0v) is 18.3. The van der Waals surface area contributed by atoms with Crippen molar-refractivity contribution in [1.82, 2.24) is 4.72 Å². The quantitative estimate of drug-likeness (QED) is 0.232. The average molecular weight is 615 g/mol. The standard InChI is InChI=1S/C8H6I3NO4S.Na/c9-5-1-4(2-6(10)8(5)11)17(15,16)12-3-7(13)14;/h1-2,12H,3H2,(H,13,14);/q;+1/p-1. The number of benzene rings is 1. The molecule has 0 atom stereocenters. The van der Waals surface area contributed by atoms with Gasteiger partial charge in [0, 0.05) is 10.7 Å². The normalized spacial score (nSPS) is 10.8. The molecule has 0 heterocycles. The number of carbonyl (C=O) groups excluding carboxylic acids is 1. The van der Waals surface area contributed by atoms with E-state index >= 15 is 0 Å². The third-order valence-electron chi connectivity index (χ3n) is 1.67. The number of aliphatic carboxylic acids is 1. The van der Waals surface area contributed by atoms with Gasteiger partial charge in [-0.25, -0.2) is 13.1 Å². The van der Waals surface area contributed by atoms with Crippen molar-refractivity contribution < 1.29 is 47.9 Å². The molecule has 94 valence electrons. The largest absolute Gasteiger partial charge is 1.00 e. The van der Waals surface area contributed by atoms with Crippen LogP contribution in [0.25, 0.3) is 0 Å². The van der Waals surface area contributed by atoms with Gasteiger partial charge in [-0.2, -0.15) is 0 Å². The summed E-state index contributed by atoms with van der Waals surface area (Å²) >= 11 is 6.16. The van der Waals surface area contributed by atoms with E-state index in [4.69, 9.17) is 0 Å². The van der Waals surface area contributed by atoms with Gasteiger partial charge in [0.2, 0.25) is 10.0 Å². The smallest absolute Gasteiger partial charge is 0.549 e. The summed E-state index contributed by atoms with van der Waals surface area (Å²) in [6.45, 7) is -0.735. The predicted octanol–water partition coefficient (Wildman–Crippen LogP) is -2.47. The summed E-state index contributed by atoms with van der Waals surface area (Å²) in [6.07, 6.45) is 0. The van der Waals surface area contributed by atoms with Crippen molar-refractivity contribution in [2.24, 2.45) is 0 Å². The van der Waals surface area contributed by atoms with Crippen LogP contribution >= 0.6 is 67.8 Å². The molecule has 0 bridgehead atoms. The van der Waals surface area contributed by atoms with E-state index in [1.807, 2.05) is 49.9 Å². The minimum atomic E-state index is -3.80. The number of rotatable bonds is 4. The van der Waals surface area contributed by atoms with Gasteiger partial charge in [0.1, 0.15) is 0 Å². The van der Waals surface area contributed by atoms with Crippen LogP contribution in [0.4, 0.5) is 0 Å². The third-order valence-corrected chi connectivity index (χ3v) is 7.98. The molecule has 0 radical (unpaired) electrons. The molecule has 0 fully saturated rings. The van der Waals surface area contributed by atoms with Gasteiger partial charge in [-0.05, 0) is 79.9 Å². The fraction of sp³-hybridized carbons (Fsp3) is 0.125. The molecule has 0 spiro atoms. The van der Waals surface area contributed by atoms with Gasteiger partial charge in [-0.15, -0.1) is 0 Å². The van der Waals surface area contributed by atoms with Crippen LogP contribution in [0.15, 0.2) is 17.0 Å². The van der Waals surface area contributed by atoms with Crippen LogP contribution in [0.3, 0.4) is 0 Å². The molecule has 0 saturated heterocycles. The van der Waals surface area contributed by atoms with Gasteiger partial charge in [0.25, 0.3) is 0 Å². The molecule has 1 aromatic rings. The Morgan fingerprint density at radius 3 is 2.06 bits per heavy atom. The number of sulfonamides is 1. The second-order valence-corrected chi connectivity index (χ2v) is 8.07. The maximum Gasteiger partial charge on any atom is 1.00 e. The number of halogens is 3. The third kappa shape index (κ3) is 5.65.